The standard InChI is InChI=1S/C14H17ClN4/c1-10-6-12(19(2)3)5-4-11(10)7-17-14-9-16-8-13(15)18-14/h4-6,8-9H,7H2,1-3H3,(H,17,18). The molecule has 100 valence electrons. The van der Waals surface area contributed by atoms with Crippen molar-refractivity contribution in [2.45, 2.75) is 13.5 Å². The van der Waals surface area contributed by atoms with Gasteiger partial charge in [0.05, 0.1) is 12.4 Å². The molecule has 0 aliphatic carbocycles. The van der Waals surface area contributed by atoms with Gasteiger partial charge in [0.15, 0.2) is 0 Å². The van der Waals surface area contributed by atoms with E-state index in [2.05, 4.69) is 45.3 Å². The number of anilines is 2. The zero-order valence-corrected chi connectivity index (χ0v) is 12.1. The van der Waals surface area contributed by atoms with Gasteiger partial charge in [0.25, 0.3) is 0 Å². The molecule has 1 N–H and O–H groups in total. The first-order valence-corrected chi connectivity index (χ1v) is 6.42. The highest BCUT2D eigenvalue weighted by molar-refractivity contribution is 6.29. The summed E-state index contributed by atoms with van der Waals surface area (Å²) in [4.78, 5) is 10.2. The molecule has 5 heteroatoms. The van der Waals surface area contributed by atoms with Crippen LogP contribution >= 0.6 is 11.6 Å². The Hall–Kier alpha value is -1.81. The molecule has 0 unspecified atom stereocenters. The SMILES string of the molecule is Cc1cc(N(C)C)ccc1CNc1cncc(Cl)n1. The molecule has 0 saturated carbocycles. The van der Waals surface area contributed by atoms with Crippen LogP contribution in [-0.4, -0.2) is 24.1 Å². The maximum Gasteiger partial charge on any atom is 0.149 e. The highest BCUT2D eigenvalue weighted by Gasteiger charge is 2.02. The van der Waals surface area contributed by atoms with Gasteiger partial charge in [-0.25, -0.2) is 4.98 Å². The average molecular weight is 277 g/mol. The molecule has 2 rings (SSSR count). The van der Waals surface area contributed by atoms with Gasteiger partial charge >= 0.3 is 0 Å². The topological polar surface area (TPSA) is 41.0 Å². The minimum atomic E-state index is 0.393. The van der Waals surface area contributed by atoms with Gasteiger partial charge in [-0.15, -0.1) is 0 Å². The molecule has 1 aromatic carbocycles. The lowest BCUT2D eigenvalue weighted by atomic mass is 10.1. The number of nitrogens with one attached hydrogen (secondary N) is 1. The largest absolute Gasteiger partial charge is 0.378 e. The molecule has 2 aromatic rings. The lowest BCUT2D eigenvalue weighted by Gasteiger charge is -2.15. The summed E-state index contributed by atoms with van der Waals surface area (Å²) in [5.41, 5.74) is 3.67. The molecule has 0 saturated heterocycles. The van der Waals surface area contributed by atoms with Gasteiger partial charge in [-0.1, -0.05) is 17.7 Å². The van der Waals surface area contributed by atoms with E-state index in [4.69, 9.17) is 11.6 Å². The van der Waals surface area contributed by atoms with Crippen molar-refractivity contribution in [3.63, 3.8) is 0 Å². The molecule has 0 atom stereocenters. The van der Waals surface area contributed by atoms with E-state index >= 15 is 0 Å². The number of nitrogens with zero attached hydrogens (tertiary/aromatic N) is 3. The van der Waals surface area contributed by atoms with Crippen LogP contribution in [0.25, 0.3) is 0 Å². The molecule has 0 spiro atoms. The number of rotatable bonds is 4. The van der Waals surface area contributed by atoms with Gasteiger partial charge in [-0.3, -0.25) is 4.98 Å². The Balaban J connectivity index is 2.07. The van der Waals surface area contributed by atoms with Crippen molar-refractivity contribution in [1.82, 2.24) is 9.97 Å². The van der Waals surface area contributed by atoms with E-state index in [0.717, 1.165) is 0 Å². The number of aromatic nitrogens is 2. The molecule has 0 amide bonds. The third kappa shape index (κ3) is 3.58. The zero-order valence-electron chi connectivity index (χ0n) is 11.3. The third-order valence-electron chi connectivity index (χ3n) is 2.91. The normalized spacial score (nSPS) is 10.3. The molecule has 0 aliphatic rings. The maximum atomic E-state index is 5.79. The second-order valence-electron chi connectivity index (χ2n) is 4.59. The van der Waals surface area contributed by atoms with E-state index in [1.807, 2.05) is 14.1 Å². The lowest BCUT2D eigenvalue weighted by molar-refractivity contribution is 1.06. The van der Waals surface area contributed by atoms with Crippen molar-refractivity contribution in [2.75, 3.05) is 24.3 Å². The molecular weight excluding hydrogens is 260 g/mol. The number of aryl methyl sites for hydroxylation is 1. The van der Waals surface area contributed by atoms with E-state index in [-0.39, 0.29) is 0 Å². The first-order chi connectivity index (χ1) is 9.06. The molecule has 0 bridgehead atoms. The summed E-state index contributed by atoms with van der Waals surface area (Å²) in [6.07, 6.45) is 3.18. The number of hydrogen-bond donors (Lipinski definition) is 1. The Morgan fingerprint density at radius 2 is 2.05 bits per heavy atom. The summed E-state index contributed by atoms with van der Waals surface area (Å²) in [6, 6.07) is 6.39. The summed E-state index contributed by atoms with van der Waals surface area (Å²) >= 11 is 5.79. The lowest BCUT2D eigenvalue weighted by Crippen LogP contribution is -2.10. The fourth-order valence-corrected chi connectivity index (χ4v) is 1.92. The summed E-state index contributed by atoms with van der Waals surface area (Å²) in [5.74, 6) is 0.684. The maximum absolute atomic E-state index is 5.79. The smallest absolute Gasteiger partial charge is 0.149 e. The molecule has 19 heavy (non-hydrogen) atoms. The van der Waals surface area contributed by atoms with Crippen molar-refractivity contribution in [2.24, 2.45) is 0 Å². The van der Waals surface area contributed by atoms with E-state index in [9.17, 15) is 0 Å². The van der Waals surface area contributed by atoms with Gasteiger partial charge in [-0.2, -0.15) is 0 Å². The Morgan fingerprint density at radius 1 is 1.26 bits per heavy atom. The van der Waals surface area contributed by atoms with Crippen LogP contribution in [0.3, 0.4) is 0 Å². The van der Waals surface area contributed by atoms with E-state index < -0.39 is 0 Å². The summed E-state index contributed by atoms with van der Waals surface area (Å²) < 4.78 is 0. The Kier molecular flexibility index (Phi) is 4.22. The van der Waals surface area contributed by atoms with Crippen molar-refractivity contribution < 1.29 is 0 Å². The van der Waals surface area contributed by atoms with Gasteiger partial charge in [0.2, 0.25) is 0 Å². The number of benzene rings is 1. The summed E-state index contributed by atoms with van der Waals surface area (Å²) in [7, 11) is 4.07. The number of hydrogen-bond acceptors (Lipinski definition) is 4. The zero-order chi connectivity index (χ0) is 13.8. The molecule has 0 aliphatic heterocycles. The monoisotopic (exact) mass is 276 g/mol. The third-order valence-corrected chi connectivity index (χ3v) is 3.09. The first kappa shape index (κ1) is 13.6. The fourth-order valence-electron chi connectivity index (χ4n) is 1.77. The van der Waals surface area contributed by atoms with E-state index in [0.29, 0.717) is 17.5 Å². The van der Waals surface area contributed by atoms with Crippen LogP contribution in [0.5, 0.6) is 0 Å². The van der Waals surface area contributed by atoms with Gasteiger partial charge < -0.3 is 10.2 Å². The van der Waals surface area contributed by atoms with Crippen LogP contribution in [0.2, 0.25) is 5.15 Å². The Morgan fingerprint density at radius 3 is 2.68 bits per heavy atom. The minimum absolute atomic E-state index is 0.393. The van der Waals surface area contributed by atoms with Gasteiger partial charge in [0.1, 0.15) is 11.0 Å². The first-order valence-electron chi connectivity index (χ1n) is 6.04. The molecule has 0 fully saturated rings. The molecule has 4 nitrogen and oxygen atoms in total. The Bertz CT molecular complexity index is 569. The second kappa shape index (κ2) is 5.89. The predicted octanol–water partition coefficient (Wildman–Crippen LogP) is 3.12. The summed E-state index contributed by atoms with van der Waals surface area (Å²) in [5, 5.41) is 3.61. The average Bonchev–Trinajstić information content (AvgIpc) is 2.37. The summed E-state index contributed by atoms with van der Waals surface area (Å²) in [6.45, 7) is 2.81. The van der Waals surface area contributed by atoms with Crippen LogP contribution in [0.15, 0.2) is 30.6 Å². The van der Waals surface area contributed by atoms with E-state index in [1.54, 1.807) is 6.20 Å². The van der Waals surface area contributed by atoms with Gasteiger partial charge in [0, 0.05) is 26.3 Å². The van der Waals surface area contributed by atoms with Crippen LogP contribution in [0.4, 0.5) is 11.5 Å². The highest BCUT2D eigenvalue weighted by atomic mass is 35.5. The fraction of sp³-hybridized carbons (Fsp3) is 0.286. The Labute approximate surface area is 118 Å². The molecular formula is C14H17ClN4. The molecule has 1 heterocycles. The second-order valence-corrected chi connectivity index (χ2v) is 4.97. The molecule has 0 radical (unpaired) electrons. The quantitative estimate of drug-likeness (QED) is 0.932. The van der Waals surface area contributed by atoms with Crippen molar-refractivity contribution in [3.8, 4) is 0 Å². The van der Waals surface area contributed by atoms with Crippen LogP contribution in [-0.2, 0) is 6.54 Å². The molecule has 1 aromatic heterocycles. The minimum Gasteiger partial charge on any atom is -0.378 e. The predicted molar refractivity (Wildman–Crippen MR) is 79.9 cm³/mol. The van der Waals surface area contributed by atoms with Crippen molar-refractivity contribution >= 4 is 23.1 Å². The van der Waals surface area contributed by atoms with Crippen LogP contribution in [0, 0.1) is 6.92 Å². The van der Waals surface area contributed by atoms with Crippen molar-refractivity contribution in [3.05, 3.63) is 46.9 Å². The van der Waals surface area contributed by atoms with Crippen LogP contribution in [0.1, 0.15) is 11.1 Å². The van der Waals surface area contributed by atoms with E-state index in [1.165, 1.54) is 23.0 Å². The number of halogens is 1. The highest BCUT2D eigenvalue weighted by Crippen LogP contribution is 2.18. The van der Waals surface area contributed by atoms with Gasteiger partial charge in [-0.05, 0) is 30.2 Å². The van der Waals surface area contributed by atoms with Crippen LogP contribution < -0.4 is 10.2 Å². The van der Waals surface area contributed by atoms with Crippen molar-refractivity contribution in [1.29, 1.82) is 0 Å².